The molecule has 2 N–H and O–H groups in total. The quantitative estimate of drug-likeness (QED) is 0.102. The van der Waals surface area contributed by atoms with Gasteiger partial charge in [0.05, 0.1) is 38.1 Å². The maximum Gasteiger partial charge on any atom is 0.261 e. The SMILES string of the molecule is CC(C)(C)[Si](OC[C@H]1O[C@H](/C=C/c2ccccc2N)CN(Cc2ccccc2)[C@@H]1COCc1ccccc1)(c1ccccc1)c1ccccc1. The topological polar surface area (TPSA) is 57.0 Å². The van der Waals surface area contributed by atoms with Crippen LogP contribution >= 0.6 is 0 Å². The van der Waals surface area contributed by atoms with E-state index in [-0.39, 0.29) is 23.3 Å². The van der Waals surface area contributed by atoms with Crippen LogP contribution in [0.1, 0.15) is 37.5 Å². The minimum atomic E-state index is -2.82. The second-order valence-corrected chi connectivity index (χ2v) is 18.5. The predicted octanol–water partition coefficient (Wildman–Crippen LogP) is 7.71. The number of morpholine rings is 1. The van der Waals surface area contributed by atoms with E-state index in [2.05, 4.69) is 153 Å². The first kappa shape index (κ1) is 35.5. The molecule has 0 radical (unpaired) electrons. The molecule has 258 valence electrons. The first-order valence-corrected chi connectivity index (χ1v) is 19.6. The van der Waals surface area contributed by atoms with E-state index in [9.17, 15) is 0 Å². The van der Waals surface area contributed by atoms with E-state index in [1.165, 1.54) is 15.9 Å². The molecule has 0 saturated carbocycles. The van der Waals surface area contributed by atoms with E-state index in [4.69, 9.17) is 19.6 Å². The van der Waals surface area contributed by atoms with Crippen LogP contribution in [-0.2, 0) is 27.1 Å². The third kappa shape index (κ3) is 8.52. The molecule has 0 aliphatic carbocycles. The standard InChI is InChI=1S/C44H50N2O3Si/c1-44(2,3)50(39-23-12-6-13-24-39,40-25-14-7-15-26-40)48-34-43-42(33-47-32-36-20-10-5-11-21-36)46(30-35-18-8-4-9-19-35)31-38(49-43)29-28-37-22-16-17-27-41(37)45/h4-29,38,42-43H,30-34,45H2,1-3H3/b29-28+/t38-,42-,43-/m1/s1. The van der Waals surface area contributed by atoms with Crippen molar-refractivity contribution in [1.82, 2.24) is 4.90 Å². The second kappa shape index (κ2) is 16.6. The Morgan fingerprint density at radius 3 is 1.84 bits per heavy atom. The van der Waals surface area contributed by atoms with Crippen LogP contribution in [0.2, 0.25) is 5.04 Å². The maximum absolute atomic E-state index is 7.52. The van der Waals surface area contributed by atoms with Crippen molar-refractivity contribution in [1.29, 1.82) is 0 Å². The molecule has 0 aromatic heterocycles. The summed E-state index contributed by atoms with van der Waals surface area (Å²) in [4.78, 5) is 2.52. The van der Waals surface area contributed by atoms with Crippen molar-refractivity contribution < 1.29 is 13.9 Å². The van der Waals surface area contributed by atoms with Gasteiger partial charge in [0.2, 0.25) is 0 Å². The van der Waals surface area contributed by atoms with Crippen LogP contribution in [-0.4, -0.2) is 51.2 Å². The fraction of sp³-hybridized carbons (Fsp3) is 0.273. The average Bonchev–Trinajstić information content (AvgIpc) is 3.13. The van der Waals surface area contributed by atoms with E-state index < -0.39 is 8.32 Å². The summed E-state index contributed by atoms with van der Waals surface area (Å²) in [5.41, 5.74) is 10.5. The number of hydrogen-bond acceptors (Lipinski definition) is 5. The van der Waals surface area contributed by atoms with E-state index >= 15 is 0 Å². The van der Waals surface area contributed by atoms with Crippen molar-refractivity contribution in [2.45, 2.75) is 57.2 Å². The molecule has 1 aliphatic heterocycles. The van der Waals surface area contributed by atoms with Crippen LogP contribution in [0.4, 0.5) is 5.69 Å². The molecular weight excluding hydrogens is 633 g/mol. The molecule has 0 spiro atoms. The summed E-state index contributed by atoms with van der Waals surface area (Å²) in [6.45, 7) is 9.92. The number of hydrogen-bond donors (Lipinski definition) is 1. The normalized spacial score (nSPS) is 18.7. The van der Waals surface area contributed by atoms with Crippen molar-refractivity contribution in [3.63, 3.8) is 0 Å². The van der Waals surface area contributed by atoms with Crippen LogP contribution in [0.5, 0.6) is 0 Å². The van der Waals surface area contributed by atoms with Gasteiger partial charge in [0.15, 0.2) is 0 Å². The van der Waals surface area contributed by atoms with Crippen molar-refractivity contribution in [2.24, 2.45) is 0 Å². The summed E-state index contributed by atoms with van der Waals surface area (Å²) in [5.74, 6) is 0. The highest BCUT2D eigenvalue weighted by molar-refractivity contribution is 6.99. The summed E-state index contributed by atoms with van der Waals surface area (Å²) in [5, 5.41) is 2.35. The average molecular weight is 683 g/mol. The largest absolute Gasteiger partial charge is 0.405 e. The first-order chi connectivity index (χ1) is 24.3. The Morgan fingerprint density at radius 1 is 0.720 bits per heavy atom. The number of nitrogen functional groups attached to an aromatic ring is 1. The Morgan fingerprint density at radius 2 is 1.26 bits per heavy atom. The van der Waals surface area contributed by atoms with Gasteiger partial charge in [-0.05, 0) is 38.2 Å². The highest BCUT2D eigenvalue weighted by atomic mass is 28.4. The van der Waals surface area contributed by atoms with Crippen LogP contribution < -0.4 is 16.1 Å². The summed E-state index contributed by atoms with van der Waals surface area (Å²) in [6, 6.07) is 50.6. The lowest BCUT2D eigenvalue weighted by atomic mass is 10.0. The zero-order valence-corrected chi connectivity index (χ0v) is 30.5. The Hall–Kier alpha value is -4.30. The molecule has 6 rings (SSSR count). The zero-order valence-electron chi connectivity index (χ0n) is 29.5. The number of nitrogens with zero attached hydrogens (tertiary/aromatic N) is 1. The Bertz CT molecular complexity index is 1740. The summed E-state index contributed by atoms with van der Waals surface area (Å²) >= 11 is 0. The molecule has 5 nitrogen and oxygen atoms in total. The van der Waals surface area contributed by atoms with Crippen LogP contribution in [0.15, 0.2) is 152 Å². The lowest BCUT2D eigenvalue weighted by Crippen LogP contribution is -2.68. The van der Waals surface area contributed by atoms with E-state index in [0.29, 0.717) is 26.4 Å². The van der Waals surface area contributed by atoms with E-state index in [1.807, 2.05) is 30.3 Å². The van der Waals surface area contributed by atoms with Gasteiger partial charge in [0.1, 0.15) is 0 Å². The van der Waals surface area contributed by atoms with Crippen LogP contribution in [0, 0.1) is 0 Å². The van der Waals surface area contributed by atoms with Gasteiger partial charge in [-0.1, -0.05) is 172 Å². The first-order valence-electron chi connectivity index (χ1n) is 17.7. The second-order valence-electron chi connectivity index (χ2n) is 14.2. The highest BCUT2D eigenvalue weighted by Gasteiger charge is 2.51. The lowest BCUT2D eigenvalue weighted by Gasteiger charge is -2.47. The fourth-order valence-corrected chi connectivity index (χ4v) is 11.7. The Kier molecular flexibility index (Phi) is 11.8. The van der Waals surface area contributed by atoms with Crippen LogP contribution in [0.25, 0.3) is 6.08 Å². The molecule has 3 atom stereocenters. The zero-order chi connectivity index (χ0) is 34.8. The number of ether oxygens (including phenoxy) is 2. The summed E-state index contributed by atoms with van der Waals surface area (Å²) in [6.07, 6.45) is 3.82. The minimum absolute atomic E-state index is 0.0384. The number of para-hydroxylation sites is 1. The molecule has 1 aliphatic rings. The van der Waals surface area contributed by atoms with E-state index in [1.54, 1.807) is 0 Å². The monoisotopic (exact) mass is 682 g/mol. The van der Waals surface area contributed by atoms with Gasteiger partial charge in [0, 0.05) is 18.8 Å². The van der Waals surface area contributed by atoms with Crippen LogP contribution in [0.3, 0.4) is 0 Å². The number of rotatable bonds is 13. The molecule has 1 heterocycles. The van der Waals surface area contributed by atoms with Crippen molar-refractivity contribution in [3.8, 4) is 0 Å². The van der Waals surface area contributed by atoms with Crippen molar-refractivity contribution in [3.05, 3.63) is 168 Å². The molecule has 5 aromatic carbocycles. The Balaban J connectivity index is 1.36. The third-order valence-corrected chi connectivity index (χ3v) is 14.7. The maximum atomic E-state index is 7.52. The third-order valence-electron chi connectivity index (χ3n) is 9.66. The number of anilines is 1. The van der Waals surface area contributed by atoms with Gasteiger partial charge >= 0.3 is 0 Å². The number of benzene rings is 5. The van der Waals surface area contributed by atoms with Crippen molar-refractivity contribution >= 4 is 30.5 Å². The summed E-state index contributed by atoms with van der Waals surface area (Å²) < 4.78 is 21.1. The fourth-order valence-electron chi connectivity index (χ4n) is 7.14. The van der Waals surface area contributed by atoms with Gasteiger partial charge in [-0.2, -0.15) is 0 Å². The predicted molar refractivity (Wildman–Crippen MR) is 209 cm³/mol. The molecule has 0 bridgehead atoms. The van der Waals surface area contributed by atoms with Gasteiger partial charge in [0.25, 0.3) is 8.32 Å². The smallest absolute Gasteiger partial charge is 0.261 e. The number of nitrogens with two attached hydrogens (primary N) is 1. The molecule has 6 heteroatoms. The molecule has 50 heavy (non-hydrogen) atoms. The van der Waals surface area contributed by atoms with Gasteiger partial charge in [-0.25, -0.2) is 0 Å². The summed E-state index contributed by atoms with van der Waals surface area (Å²) in [7, 11) is -2.82. The molecule has 5 aromatic rings. The highest BCUT2D eigenvalue weighted by Crippen LogP contribution is 2.37. The molecule has 0 unspecified atom stereocenters. The minimum Gasteiger partial charge on any atom is -0.405 e. The molecule has 1 saturated heterocycles. The molecule has 0 amide bonds. The van der Waals surface area contributed by atoms with Crippen molar-refractivity contribution in [2.75, 3.05) is 25.5 Å². The van der Waals surface area contributed by atoms with Gasteiger partial charge in [-0.3, -0.25) is 4.90 Å². The molecule has 1 fully saturated rings. The Labute approximate surface area is 299 Å². The van der Waals surface area contributed by atoms with Gasteiger partial charge in [-0.15, -0.1) is 0 Å². The molecular formula is C44H50N2O3Si. The lowest BCUT2D eigenvalue weighted by molar-refractivity contribution is -0.137. The van der Waals surface area contributed by atoms with E-state index in [0.717, 1.165) is 23.4 Å². The van der Waals surface area contributed by atoms with Gasteiger partial charge < -0.3 is 19.6 Å².